The van der Waals surface area contributed by atoms with E-state index >= 15 is 0 Å². The molecule has 4 aliphatic carbocycles. The molecule has 4 aliphatic rings. The Kier molecular flexibility index (Phi) is 5.67. The fourth-order valence-corrected chi connectivity index (χ4v) is 14.3. The highest BCUT2D eigenvalue weighted by Gasteiger charge is 2.86. The number of hydrogen-bond acceptors (Lipinski definition) is 0. The summed E-state index contributed by atoms with van der Waals surface area (Å²) in [5.74, 6) is 2.03. The standard InChI is InChI=1S/C38H70/c1-27(2)22-24-25-29(5,6)30(7,8)26-31(9,10)33(13,14)34(15,16)35(17,18)38(26,21)37(25,20)28(3,4)23-36(24,19)32(27,11)12/h24-26H,22-23H2,1-21H3. The Balaban J connectivity index is 2.21. The third kappa shape index (κ3) is 2.53. The minimum absolute atomic E-state index is 0.166. The van der Waals surface area contributed by atoms with Crippen molar-refractivity contribution in [3.63, 3.8) is 0 Å². The van der Waals surface area contributed by atoms with Gasteiger partial charge in [0.1, 0.15) is 0 Å². The third-order valence-electron chi connectivity index (χ3n) is 19.5. The van der Waals surface area contributed by atoms with E-state index in [1.165, 1.54) is 12.8 Å². The van der Waals surface area contributed by atoms with Gasteiger partial charge in [-0.1, -0.05) is 145 Å². The quantitative estimate of drug-likeness (QED) is 0.294. The van der Waals surface area contributed by atoms with Crippen molar-refractivity contribution in [1.82, 2.24) is 0 Å². The first-order valence-electron chi connectivity index (χ1n) is 16.3. The van der Waals surface area contributed by atoms with Gasteiger partial charge in [-0.3, -0.25) is 0 Å². The molecule has 0 amide bonds. The van der Waals surface area contributed by atoms with Crippen LogP contribution in [0.4, 0.5) is 0 Å². The molecule has 0 heteroatoms. The molecule has 6 atom stereocenters. The van der Waals surface area contributed by atoms with Crippen LogP contribution in [0, 0.1) is 82.7 Å². The van der Waals surface area contributed by atoms with E-state index in [0.717, 1.165) is 5.92 Å². The van der Waals surface area contributed by atoms with E-state index in [4.69, 9.17) is 0 Å². The van der Waals surface area contributed by atoms with Gasteiger partial charge in [-0.05, 0) is 95.6 Å². The van der Waals surface area contributed by atoms with Gasteiger partial charge in [-0.15, -0.1) is 0 Å². The summed E-state index contributed by atoms with van der Waals surface area (Å²) < 4.78 is 0. The van der Waals surface area contributed by atoms with Gasteiger partial charge in [-0.25, -0.2) is 0 Å². The number of hydrogen-bond donors (Lipinski definition) is 0. The summed E-state index contributed by atoms with van der Waals surface area (Å²) in [6.07, 6.45) is 2.71. The molecular weight excluding hydrogens is 456 g/mol. The molecule has 0 aliphatic heterocycles. The lowest BCUT2D eigenvalue weighted by atomic mass is 9.16. The van der Waals surface area contributed by atoms with Gasteiger partial charge < -0.3 is 0 Å². The molecule has 6 unspecified atom stereocenters. The monoisotopic (exact) mass is 527 g/mol. The van der Waals surface area contributed by atoms with Crippen molar-refractivity contribution in [2.45, 2.75) is 158 Å². The van der Waals surface area contributed by atoms with E-state index in [9.17, 15) is 0 Å². The zero-order chi connectivity index (χ0) is 30.1. The SMILES string of the molecule is CC1(C)CC2C3C(C)(C)C(C)(C)C4C(C)(C)C(C)(C)C(C)(C)C(C)(C)C4(C)C3(C)C(C)(C)CC2(C)C1(C)C. The molecule has 38 heavy (non-hydrogen) atoms. The predicted octanol–water partition coefficient (Wildman–Crippen LogP) is 11.9. The summed E-state index contributed by atoms with van der Waals surface area (Å²) in [6, 6.07) is 0. The van der Waals surface area contributed by atoms with Crippen molar-refractivity contribution >= 4 is 0 Å². The van der Waals surface area contributed by atoms with Crippen LogP contribution in [-0.2, 0) is 0 Å². The average Bonchev–Trinajstić information content (AvgIpc) is 2.80. The molecule has 0 nitrogen and oxygen atoms in total. The zero-order valence-corrected chi connectivity index (χ0v) is 30.1. The first-order chi connectivity index (χ1) is 16.3. The largest absolute Gasteiger partial charge is 0.0594 e. The van der Waals surface area contributed by atoms with Gasteiger partial charge in [0, 0.05) is 0 Å². The maximum atomic E-state index is 2.84. The van der Waals surface area contributed by atoms with Gasteiger partial charge in [0.05, 0.1) is 0 Å². The molecule has 0 aromatic heterocycles. The lowest BCUT2D eigenvalue weighted by Gasteiger charge is -2.88. The normalized spacial score (nSPS) is 49.3. The van der Waals surface area contributed by atoms with Crippen LogP contribution in [0.5, 0.6) is 0 Å². The molecule has 0 radical (unpaired) electrons. The minimum atomic E-state index is 0.166. The Morgan fingerprint density at radius 2 is 0.842 bits per heavy atom. The summed E-state index contributed by atoms with van der Waals surface area (Å²) in [7, 11) is 0. The smallest absolute Gasteiger partial charge is 0.0168 e. The fraction of sp³-hybridized carbons (Fsp3) is 1.00. The molecule has 0 spiro atoms. The Morgan fingerprint density at radius 1 is 0.395 bits per heavy atom. The summed E-state index contributed by atoms with van der Waals surface area (Å²) in [5.41, 5.74) is 2.77. The van der Waals surface area contributed by atoms with Crippen LogP contribution in [0.3, 0.4) is 0 Å². The van der Waals surface area contributed by atoms with Gasteiger partial charge in [-0.2, -0.15) is 0 Å². The Labute approximate surface area is 240 Å². The van der Waals surface area contributed by atoms with Crippen LogP contribution in [0.1, 0.15) is 158 Å². The number of rotatable bonds is 0. The maximum Gasteiger partial charge on any atom is -0.0168 e. The molecule has 0 aromatic rings. The first kappa shape index (κ1) is 30.9. The lowest BCUT2D eigenvalue weighted by Crippen LogP contribution is -2.83. The number of fused-ring (bicyclic) bond motifs is 5. The molecule has 0 bridgehead atoms. The van der Waals surface area contributed by atoms with Crippen LogP contribution < -0.4 is 0 Å². The molecule has 4 rings (SSSR count). The lowest BCUT2D eigenvalue weighted by molar-refractivity contribution is -0.404. The second-order valence-corrected chi connectivity index (χ2v) is 21.2. The summed E-state index contributed by atoms with van der Waals surface area (Å²) in [5, 5.41) is 0. The van der Waals surface area contributed by atoms with Crippen LogP contribution in [-0.4, -0.2) is 0 Å². The van der Waals surface area contributed by atoms with E-state index in [1.54, 1.807) is 0 Å². The van der Waals surface area contributed by atoms with Gasteiger partial charge in [0.25, 0.3) is 0 Å². The van der Waals surface area contributed by atoms with E-state index in [1.807, 2.05) is 0 Å². The molecule has 0 saturated heterocycles. The highest BCUT2D eigenvalue weighted by molar-refractivity contribution is 5.33. The molecular formula is C38H70. The van der Waals surface area contributed by atoms with E-state index in [-0.39, 0.29) is 48.7 Å². The Hall–Kier alpha value is 0. The molecule has 222 valence electrons. The summed E-state index contributed by atoms with van der Waals surface area (Å²) >= 11 is 0. The third-order valence-corrected chi connectivity index (χ3v) is 19.5. The van der Waals surface area contributed by atoms with E-state index < -0.39 is 0 Å². The van der Waals surface area contributed by atoms with Crippen molar-refractivity contribution in [1.29, 1.82) is 0 Å². The Morgan fingerprint density at radius 3 is 1.29 bits per heavy atom. The van der Waals surface area contributed by atoms with Gasteiger partial charge in [0.2, 0.25) is 0 Å². The minimum Gasteiger partial charge on any atom is -0.0594 e. The first-order valence-corrected chi connectivity index (χ1v) is 16.3. The van der Waals surface area contributed by atoms with Crippen LogP contribution in [0.25, 0.3) is 0 Å². The average molecular weight is 527 g/mol. The zero-order valence-electron chi connectivity index (χ0n) is 30.1. The highest BCUT2D eigenvalue weighted by Crippen LogP contribution is 2.91. The van der Waals surface area contributed by atoms with Crippen LogP contribution >= 0.6 is 0 Å². The highest BCUT2D eigenvalue weighted by atomic mass is 14.9. The fourth-order valence-electron chi connectivity index (χ4n) is 14.3. The van der Waals surface area contributed by atoms with Gasteiger partial charge in [0.15, 0.2) is 0 Å². The second kappa shape index (κ2) is 6.96. The van der Waals surface area contributed by atoms with E-state index in [2.05, 4.69) is 145 Å². The van der Waals surface area contributed by atoms with Crippen molar-refractivity contribution < 1.29 is 0 Å². The molecule has 4 fully saturated rings. The molecule has 0 heterocycles. The van der Waals surface area contributed by atoms with Crippen LogP contribution in [0.15, 0.2) is 0 Å². The Bertz CT molecular complexity index is 1020. The topological polar surface area (TPSA) is 0 Å². The van der Waals surface area contributed by atoms with Crippen molar-refractivity contribution in [3.05, 3.63) is 0 Å². The maximum absolute atomic E-state index is 2.84. The second-order valence-electron chi connectivity index (χ2n) is 21.2. The predicted molar refractivity (Wildman–Crippen MR) is 168 cm³/mol. The molecule has 0 N–H and O–H groups in total. The summed E-state index contributed by atoms with van der Waals surface area (Å²) in [6.45, 7) is 56.5. The van der Waals surface area contributed by atoms with Crippen molar-refractivity contribution in [3.8, 4) is 0 Å². The van der Waals surface area contributed by atoms with Crippen molar-refractivity contribution in [2.24, 2.45) is 82.7 Å². The summed E-state index contributed by atoms with van der Waals surface area (Å²) in [4.78, 5) is 0. The van der Waals surface area contributed by atoms with E-state index in [0.29, 0.717) is 28.1 Å². The molecule has 4 saturated carbocycles. The molecule has 0 aromatic carbocycles. The van der Waals surface area contributed by atoms with Crippen molar-refractivity contribution in [2.75, 3.05) is 0 Å². The van der Waals surface area contributed by atoms with Gasteiger partial charge >= 0.3 is 0 Å². The van der Waals surface area contributed by atoms with Crippen LogP contribution in [0.2, 0.25) is 0 Å².